The van der Waals surface area contributed by atoms with Crippen LogP contribution < -0.4 is 27.4 Å². The van der Waals surface area contributed by atoms with E-state index in [1.54, 1.807) is 12.1 Å². The molecule has 1 heterocycles. The fourth-order valence-corrected chi connectivity index (χ4v) is 10.6. The molecule has 3 aliphatic carbocycles. The summed E-state index contributed by atoms with van der Waals surface area (Å²) >= 11 is 0. The number of ketones is 3. The van der Waals surface area contributed by atoms with Crippen LogP contribution in [-0.4, -0.2) is 107 Å². The Hall–Kier alpha value is -5.30. The van der Waals surface area contributed by atoms with Gasteiger partial charge in [0.15, 0.2) is 17.3 Å². The Morgan fingerprint density at radius 2 is 1.37 bits per heavy atom. The average Bonchev–Trinajstić information content (AvgIpc) is 3.70. The third-order valence-electron chi connectivity index (χ3n) is 15.3. The average molecular weight is 986 g/mol. The molecule has 10 atom stereocenters. The number of carbonyl (C=O) groups excluding carboxylic acids is 6. The van der Waals surface area contributed by atoms with Crippen LogP contribution in [0.5, 0.6) is 0 Å². The normalized spacial score (nSPS) is 22.3. The monoisotopic (exact) mass is 986 g/mol. The summed E-state index contributed by atoms with van der Waals surface area (Å²) in [5.74, 6) is -8.04. The zero-order valence-electron chi connectivity index (χ0n) is 42.3. The molecule has 17 nitrogen and oxygen atoms in total. The summed E-state index contributed by atoms with van der Waals surface area (Å²) in [5.41, 5.74) is 15.0. The zero-order valence-corrected chi connectivity index (χ0v) is 42.3. The van der Waals surface area contributed by atoms with Crippen LogP contribution in [0.3, 0.4) is 0 Å². The second kappa shape index (κ2) is 25.4. The number of carbonyl (C=O) groups is 8. The van der Waals surface area contributed by atoms with Crippen LogP contribution in [0.25, 0.3) is 11.1 Å². The molecule has 1 saturated heterocycles. The fourth-order valence-electron chi connectivity index (χ4n) is 10.6. The first-order valence-electron chi connectivity index (χ1n) is 25.5. The third kappa shape index (κ3) is 14.7. The van der Waals surface area contributed by atoms with Crippen molar-refractivity contribution in [2.45, 2.75) is 167 Å². The largest absolute Gasteiger partial charge is 0.481 e. The minimum absolute atomic E-state index is 0.0574. The summed E-state index contributed by atoms with van der Waals surface area (Å²) in [7, 11) is -0.588. The molecule has 2 bridgehead atoms. The van der Waals surface area contributed by atoms with E-state index in [0.29, 0.717) is 43.2 Å². The van der Waals surface area contributed by atoms with E-state index in [0.717, 1.165) is 43.2 Å². The Kier molecular flexibility index (Phi) is 20.2. The highest BCUT2D eigenvalue weighted by Gasteiger charge is 2.68. The summed E-state index contributed by atoms with van der Waals surface area (Å²) in [6.07, 6.45) is 4.17. The number of aryl methyl sites for hydroxylation is 1. The van der Waals surface area contributed by atoms with E-state index in [1.165, 1.54) is 12.5 Å². The van der Waals surface area contributed by atoms with Crippen molar-refractivity contribution in [1.29, 1.82) is 0 Å². The van der Waals surface area contributed by atoms with E-state index in [4.69, 9.17) is 25.9 Å². The Balaban J connectivity index is 1.23. The first kappa shape index (κ1) is 56.6. The van der Waals surface area contributed by atoms with Gasteiger partial charge in [-0.15, -0.1) is 0 Å². The van der Waals surface area contributed by atoms with Crippen molar-refractivity contribution < 1.29 is 57.9 Å². The molecule has 4 fully saturated rings. The summed E-state index contributed by atoms with van der Waals surface area (Å²) in [6, 6.07) is 11.2. The molecule has 0 radical (unpaired) electrons. The van der Waals surface area contributed by atoms with Crippen LogP contribution in [0.4, 0.5) is 0 Å². The lowest BCUT2D eigenvalue weighted by molar-refractivity contribution is -0.199. The molecule has 71 heavy (non-hydrogen) atoms. The first-order chi connectivity index (χ1) is 33.6. The van der Waals surface area contributed by atoms with E-state index < -0.39 is 97.4 Å². The van der Waals surface area contributed by atoms with Gasteiger partial charge in [0, 0.05) is 43.7 Å². The van der Waals surface area contributed by atoms with Crippen LogP contribution >= 0.6 is 0 Å². The second-order valence-corrected chi connectivity index (χ2v) is 21.0. The molecule has 3 saturated carbocycles. The van der Waals surface area contributed by atoms with Crippen LogP contribution in [-0.2, 0) is 49.3 Å². The lowest BCUT2D eigenvalue weighted by atomic mass is 9.43. The molecule has 4 aliphatic rings. The number of carboxylic acid groups (broad SMARTS) is 2. The minimum atomic E-state index is -1.75. The quantitative estimate of drug-likeness (QED) is 0.0292. The van der Waals surface area contributed by atoms with Crippen molar-refractivity contribution in [3.05, 3.63) is 59.7 Å². The van der Waals surface area contributed by atoms with Crippen molar-refractivity contribution in [2.24, 2.45) is 40.6 Å². The van der Waals surface area contributed by atoms with Gasteiger partial charge in [-0.3, -0.25) is 33.6 Å². The third-order valence-corrected chi connectivity index (χ3v) is 15.3. The van der Waals surface area contributed by atoms with Crippen LogP contribution in [0.1, 0.15) is 141 Å². The topological polar surface area (TPSA) is 284 Å². The number of unbranched alkanes of at least 4 members (excludes halogenated alkanes) is 2. The fraction of sp³-hybridized carbons (Fsp3) is 0.623. The number of hydrogen-bond acceptors (Lipinski definition) is 12. The van der Waals surface area contributed by atoms with Gasteiger partial charge < -0.3 is 46.9 Å². The molecule has 18 heteroatoms. The van der Waals surface area contributed by atoms with E-state index in [-0.39, 0.29) is 54.7 Å². The van der Waals surface area contributed by atoms with Crippen LogP contribution in [0.2, 0.25) is 5.82 Å². The maximum absolute atomic E-state index is 14.1. The molecular weight excluding hydrogens is 909 g/mol. The molecular formula is C53H76BN5O12. The van der Waals surface area contributed by atoms with Crippen molar-refractivity contribution in [2.75, 3.05) is 13.1 Å². The summed E-state index contributed by atoms with van der Waals surface area (Å²) < 4.78 is 13.1. The van der Waals surface area contributed by atoms with E-state index in [9.17, 15) is 43.5 Å². The van der Waals surface area contributed by atoms with Gasteiger partial charge in [0.2, 0.25) is 17.7 Å². The summed E-state index contributed by atoms with van der Waals surface area (Å²) in [4.78, 5) is 105. The van der Waals surface area contributed by atoms with E-state index in [2.05, 4.69) is 55.8 Å². The lowest BCUT2D eigenvalue weighted by Gasteiger charge is -2.64. The standard InChI is InChI=1S/C53H76BN5O12/c1-7-8-11-33-13-15-34(16-14-33)35-17-19-36(20-18-35)42(60)26-37(30-56)50(67)59-40(21-22-47(63)57-41(51(68)69)29-48(64)65)43(61)24-31(2)49(66)58-39(12-9-10-23-55)44(62)25-32(3)54-70-46-28-38-27-45(52(38,4)5)53(46,6)71-54/h13-20,31-32,37-41,45-46H,7-12,21-30,55-56H2,1-6H3,(H,57,63)(H,58,66)(H,59,67)(H,64,65)(H,68,69)/t31-,32-,37+,38+,39+,40+,41?,45+,46-,53+/m1/s1. The maximum atomic E-state index is 14.1. The first-order valence-corrected chi connectivity index (χ1v) is 25.5. The number of Topliss-reactive ketones (excluding diaryl/α,β-unsaturated/α-hetero) is 3. The summed E-state index contributed by atoms with van der Waals surface area (Å²) in [6.45, 7) is 12.3. The van der Waals surface area contributed by atoms with Crippen LogP contribution in [0, 0.1) is 29.1 Å². The second-order valence-electron chi connectivity index (χ2n) is 21.0. The predicted molar refractivity (Wildman–Crippen MR) is 268 cm³/mol. The molecule has 1 unspecified atom stereocenters. The van der Waals surface area contributed by atoms with Crippen molar-refractivity contribution in [3.8, 4) is 11.1 Å². The Morgan fingerprint density at radius 3 is 1.96 bits per heavy atom. The van der Waals surface area contributed by atoms with E-state index >= 15 is 0 Å². The molecule has 0 aromatic heterocycles. The summed E-state index contributed by atoms with van der Waals surface area (Å²) in [5, 5.41) is 26.2. The smallest absolute Gasteiger partial charge is 0.461 e. The highest BCUT2D eigenvalue weighted by Crippen LogP contribution is 2.66. The van der Waals surface area contributed by atoms with Crippen LogP contribution in [0.15, 0.2) is 48.5 Å². The predicted octanol–water partition coefficient (Wildman–Crippen LogP) is 5.44. The van der Waals surface area contributed by atoms with Gasteiger partial charge in [-0.25, -0.2) is 4.79 Å². The number of benzene rings is 2. The molecule has 3 amide bonds. The van der Waals surface area contributed by atoms with E-state index in [1.807, 2.05) is 31.2 Å². The van der Waals surface area contributed by atoms with Gasteiger partial charge in [0.1, 0.15) is 6.04 Å². The Morgan fingerprint density at radius 1 is 0.746 bits per heavy atom. The van der Waals surface area contributed by atoms with Gasteiger partial charge in [-0.05, 0) is 105 Å². The molecule has 6 rings (SSSR count). The highest BCUT2D eigenvalue weighted by molar-refractivity contribution is 6.47. The Bertz CT molecular complexity index is 2220. The maximum Gasteiger partial charge on any atom is 0.461 e. The SMILES string of the molecule is CCCCc1ccc(-c2ccc(C(=O)C[C@@H](CN)C(=O)N[C@@H](CCC(=O)NC(CC(=O)O)C(=O)O)C(=O)C[C@@H](C)C(=O)N[C@@H](CCCCN)C(=O)C[C@@H](C)B3O[C@@H]4C[C@@H]5C[C@@H](C5(C)C)[C@]4(C)O3)cc2)cc1. The molecule has 0 spiro atoms. The van der Waals surface area contributed by atoms with Gasteiger partial charge in [-0.2, -0.15) is 0 Å². The molecule has 388 valence electrons. The number of nitrogens with two attached hydrogens (primary N) is 2. The lowest BCUT2D eigenvalue weighted by Crippen LogP contribution is -2.65. The van der Waals surface area contributed by atoms with Gasteiger partial charge >= 0.3 is 19.1 Å². The number of rotatable bonds is 30. The number of carboxylic acids is 2. The number of aliphatic carboxylic acids is 2. The Labute approximate surface area is 418 Å². The highest BCUT2D eigenvalue weighted by atomic mass is 16.7. The number of amides is 3. The van der Waals surface area contributed by atoms with Crippen molar-refractivity contribution in [1.82, 2.24) is 16.0 Å². The molecule has 2 aromatic carbocycles. The van der Waals surface area contributed by atoms with Gasteiger partial charge in [0.25, 0.3) is 0 Å². The van der Waals surface area contributed by atoms with Gasteiger partial charge in [0.05, 0.1) is 36.1 Å². The molecule has 9 N–H and O–H groups in total. The molecule has 2 aromatic rings. The minimum Gasteiger partial charge on any atom is -0.481 e. The van der Waals surface area contributed by atoms with Crippen molar-refractivity contribution >= 4 is 54.1 Å². The zero-order chi connectivity index (χ0) is 52.2. The molecule has 1 aliphatic heterocycles. The van der Waals surface area contributed by atoms with Gasteiger partial charge in [-0.1, -0.05) is 89.6 Å². The van der Waals surface area contributed by atoms with Crippen molar-refractivity contribution in [3.63, 3.8) is 0 Å². The number of nitrogens with one attached hydrogen (secondary N) is 3. The number of hydrogen-bond donors (Lipinski definition) is 7.